The van der Waals surface area contributed by atoms with Crippen LogP contribution in [0.3, 0.4) is 0 Å². The van der Waals surface area contributed by atoms with E-state index in [0.29, 0.717) is 12.0 Å². The van der Waals surface area contributed by atoms with Crippen LogP contribution < -0.4 is 5.32 Å². The summed E-state index contributed by atoms with van der Waals surface area (Å²) in [5, 5.41) is 4.64. The monoisotopic (exact) mass is 210 g/mol. The van der Waals surface area contributed by atoms with Crippen LogP contribution in [0.15, 0.2) is 0 Å². The van der Waals surface area contributed by atoms with Crippen molar-refractivity contribution in [1.82, 2.24) is 10.3 Å². The van der Waals surface area contributed by atoms with Crippen LogP contribution in [0.25, 0.3) is 0 Å². The normalized spacial score (nSPS) is 17.4. The summed E-state index contributed by atoms with van der Waals surface area (Å²) in [7, 11) is 2.02. The van der Waals surface area contributed by atoms with E-state index in [9.17, 15) is 0 Å². The van der Waals surface area contributed by atoms with Crippen molar-refractivity contribution < 1.29 is 0 Å². The van der Waals surface area contributed by atoms with Gasteiger partial charge in [0.1, 0.15) is 5.01 Å². The predicted molar refractivity (Wildman–Crippen MR) is 60.8 cm³/mol. The van der Waals surface area contributed by atoms with Crippen molar-refractivity contribution in [2.45, 2.75) is 39.2 Å². The minimum atomic E-state index is 0.436. The van der Waals surface area contributed by atoms with Crippen molar-refractivity contribution in [1.29, 1.82) is 0 Å². The van der Waals surface area contributed by atoms with Gasteiger partial charge in [0, 0.05) is 4.88 Å². The fourth-order valence-electron chi connectivity index (χ4n) is 2.09. The molecule has 0 spiro atoms. The maximum absolute atomic E-state index is 4.74. The van der Waals surface area contributed by atoms with Gasteiger partial charge in [0.25, 0.3) is 0 Å². The van der Waals surface area contributed by atoms with Crippen LogP contribution in [-0.4, -0.2) is 12.0 Å². The molecule has 1 aliphatic carbocycles. The Hall–Kier alpha value is -0.410. The van der Waals surface area contributed by atoms with Crippen molar-refractivity contribution in [2.75, 3.05) is 7.05 Å². The second kappa shape index (κ2) is 3.99. The first kappa shape index (κ1) is 10.1. The van der Waals surface area contributed by atoms with Crippen molar-refractivity contribution in [3.05, 3.63) is 15.6 Å². The molecule has 1 atom stereocenters. The Labute approximate surface area is 89.8 Å². The van der Waals surface area contributed by atoms with E-state index in [1.54, 1.807) is 0 Å². The van der Waals surface area contributed by atoms with E-state index in [2.05, 4.69) is 19.2 Å². The summed E-state index contributed by atoms with van der Waals surface area (Å²) in [5.41, 5.74) is 1.37. The second-order valence-corrected chi connectivity index (χ2v) is 5.40. The Bertz CT molecular complexity index is 296. The molecule has 1 N–H and O–H groups in total. The summed E-state index contributed by atoms with van der Waals surface area (Å²) in [6.45, 7) is 4.49. The van der Waals surface area contributed by atoms with Crippen molar-refractivity contribution in [2.24, 2.45) is 5.92 Å². The van der Waals surface area contributed by atoms with Crippen LogP contribution in [0.2, 0.25) is 0 Å². The van der Waals surface area contributed by atoms with Gasteiger partial charge < -0.3 is 5.32 Å². The van der Waals surface area contributed by atoms with Gasteiger partial charge in [0.15, 0.2) is 0 Å². The quantitative estimate of drug-likeness (QED) is 0.829. The van der Waals surface area contributed by atoms with Gasteiger partial charge in [-0.1, -0.05) is 13.8 Å². The van der Waals surface area contributed by atoms with Gasteiger partial charge in [0.2, 0.25) is 0 Å². The average molecular weight is 210 g/mol. The van der Waals surface area contributed by atoms with Crippen molar-refractivity contribution in [3.8, 4) is 0 Å². The molecule has 0 aromatic carbocycles. The van der Waals surface area contributed by atoms with E-state index in [4.69, 9.17) is 4.98 Å². The van der Waals surface area contributed by atoms with E-state index < -0.39 is 0 Å². The van der Waals surface area contributed by atoms with Gasteiger partial charge in [-0.05, 0) is 32.2 Å². The summed E-state index contributed by atoms with van der Waals surface area (Å²) in [6.07, 6.45) is 3.75. The second-order valence-electron chi connectivity index (χ2n) is 4.29. The molecule has 1 unspecified atom stereocenters. The molecule has 0 saturated carbocycles. The molecule has 1 heterocycles. The lowest BCUT2D eigenvalue weighted by Gasteiger charge is -2.17. The molecule has 0 fully saturated rings. The third kappa shape index (κ3) is 1.71. The Kier molecular flexibility index (Phi) is 2.88. The molecule has 1 aliphatic rings. The van der Waals surface area contributed by atoms with Gasteiger partial charge in [-0.3, -0.25) is 0 Å². The number of nitrogens with zero attached hydrogens (tertiary/aromatic N) is 1. The molecule has 0 saturated heterocycles. The summed E-state index contributed by atoms with van der Waals surface area (Å²) >= 11 is 1.91. The fraction of sp³-hybridized carbons (Fsp3) is 0.727. The van der Waals surface area contributed by atoms with Gasteiger partial charge in [-0.2, -0.15) is 0 Å². The molecular weight excluding hydrogens is 192 g/mol. The standard InChI is InChI=1S/C11H18N2S/c1-7(2)10(12-3)11-13-8-5-4-6-9(8)14-11/h7,10,12H,4-6H2,1-3H3. The van der Waals surface area contributed by atoms with Crippen LogP contribution in [0.5, 0.6) is 0 Å². The topological polar surface area (TPSA) is 24.9 Å². The highest BCUT2D eigenvalue weighted by molar-refractivity contribution is 7.11. The molecule has 3 heteroatoms. The van der Waals surface area contributed by atoms with Crippen LogP contribution >= 0.6 is 11.3 Å². The summed E-state index contributed by atoms with van der Waals surface area (Å²) in [5.74, 6) is 0.617. The maximum Gasteiger partial charge on any atom is 0.110 e. The average Bonchev–Trinajstić information content (AvgIpc) is 2.63. The molecule has 0 bridgehead atoms. The van der Waals surface area contributed by atoms with E-state index in [1.165, 1.54) is 34.8 Å². The van der Waals surface area contributed by atoms with Gasteiger partial charge >= 0.3 is 0 Å². The van der Waals surface area contributed by atoms with E-state index in [1.807, 2.05) is 18.4 Å². The van der Waals surface area contributed by atoms with Crippen molar-refractivity contribution in [3.63, 3.8) is 0 Å². The van der Waals surface area contributed by atoms with E-state index in [-0.39, 0.29) is 0 Å². The molecule has 0 radical (unpaired) electrons. The first-order valence-electron chi connectivity index (χ1n) is 5.38. The third-order valence-electron chi connectivity index (χ3n) is 2.86. The van der Waals surface area contributed by atoms with Gasteiger partial charge in [-0.25, -0.2) is 4.98 Å². The van der Waals surface area contributed by atoms with E-state index >= 15 is 0 Å². The number of aryl methyl sites for hydroxylation is 2. The smallest absolute Gasteiger partial charge is 0.110 e. The zero-order valence-electron chi connectivity index (χ0n) is 9.13. The minimum Gasteiger partial charge on any atom is -0.311 e. The first-order valence-corrected chi connectivity index (χ1v) is 6.19. The summed E-state index contributed by atoms with van der Waals surface area (Å²) in [6, 6.07) is 0.436. The number of aromatic nitrogens is 1. The number of nitrogens with one attached hydrogen (secondary N) is 1. The number of hydrogen-bond acceptors (Lipinski definition) is 3. The van der Waals surface area contributed by atoms with E-state index in [0.717, 1.165) is 0 Å². The predicted octanol–water partition coefficient (Wildman–Crippen LogP) is 2.55. The highest BCUT2D eigenvalue weighted by atomic mass is 32.1. The Morgan fingerprint density at radius 2 is 2.14 bits per heavy atom. The first-order chi connectivity index (χ1) is 6.72. The lowest BCUT2D eigenvalue weighted by Crippen LogP contribution is -2.21. The van der Waals surface area contributed by atoms with Gasteiger partial charge in [0.05, 0.1) is 11.7 Å². The van der Waals surface area contributed by atoms with Crippen LogP contribution in [0.4, 0.5) is 0 Å². The molecule has 2 rings (SSSR count). The zero-order chi connectivity index (χ0) is 10.1. The molecule has 0 aliphatic heterocycles. The number of hydrogen-bond donors (Lipinski definition) is 1. The number of thiazole rings is 1. The number of fused-ring (bicyclic) bond motifs is 1. The molecule has 2 nitrogen and oxygen atoms in total. The Morgan fingerprint density at radius 1 is 1.36 bits per heavy atom. The SMILES string of the molecule is CNC(c1nc2c(s1)CCC2)C(C)C. The highest BCUT2D eigenvalue weighted by Gasteiger charge is 2.22. The maximum atomic E-state index is 4.74. The zero-order valence-corrected chi connectivity index (χ0v) is 9.95. The lowest BCUT2D eigenvalue weighted by atomic mass is 10.1. The van der Waals surface area contributed by atoms with Crippen LogP contribution in [-0.2, 0) is 12.8 Å². The summed E-state index contributed by atoms with van der Waals surface area (Å²) < 4.78 is 0. The molecular formula is C11H18N2S. The van der Waals surface area contributed by atoms with Crippen LogP contribution in [0.1, 0.15) is 41.9 Å². The Balaban J connectivity index is 2.23. The van der Waals surface area contributed by atoms with Crippen molar-refractivity contribution >= 4 is 11.3 Å². The van der Waals surface area contributed by atoms with Crippen LogP contribution in [0, 0.1) is 5.92 Å². The largest absolute Gasteiger partial charge is 0.311 e. The number of rotatable bonds is 3. The highest BCUT2D eigenvalue weighted by Crippen LogP contribution is 2.32. The molecule has 0 amide bonds. The lowest BCUT2D eigenvalue weighted by molar-refractivity contribution is 0.441. The fourth-order valence-corrected chi connectivity index (χ4v) is 3.52. The molecule has 1 aromatic heterocycles. The summed E-state index contributed by atoms with van der Waals surface area (Å²) in [4.78, 5) is 6.27. The molecule has 1 aromatic rings. The molecule has 14 heavy (non-hydrogen) atoms. The molecule has 78 valence electrons. The minimum absolute atomic E-state index is 0.436. The Morgan fingerprint density at radius 3 is 2.71 bits per heavy atom. The van der Waals surface area contributed by atoms with Gasteiger partial charge in [-0.15, -0.1) is 11.3 Å². The third-order valence-corrected chi connectivity index (χ3v) is 4.10.